The van der Waals surface area contributed by atoms with Crippen molar-refractivity contribution < 1.29 is 23.8 Å². The van der Waals surface area contributed by atoms with E-state index in [4.69, 9.17) is 14.3 Å². The highest BCUT2D eigenvalue weighted by molar-refractivity contribution is 5.85. The van der Waals surface area contributed by atoms with E-state index >= 15 is 0 Å². The van der Waals surface area contributed by atoms with E-state index in [0.29, 0.717) is 30.7 Å². The largest absolute Gasteiger partial charge is 0.484 e. The smallest absolute Gasteiger partial charge is 0.336 e. The molecule has 2 heterocycles. The molecule has 1 aliphatic rings. The van der Waals surface area contributed by atoms with Gasteiger partial charge in [-0.25, -0.2) is 9.59 Å². The molecule has 7 nitrogen and oxygen atoms in total. The molecule has 1 aromatic carbocycles. The van der Waals surface area contributed by atoms with E-state index in [2.05, 4.69) is 0 Å². The van der Waals surface area contributed by atoms with Gasteiger partial charge in [-0.05, 0) is 31.0 Å². The van der Waals surface area contributed by atoms with Crippen LogP contribution < -0.4 is 10.4 Å². The fourth-order valence-electron chi connectivity index (χ4n) is 2.68. The van der Waals surface area contributed by atoms with Crippen LogP contribution in [-0.2, 0) is 9.59 Å². The van der Waals surface area contributed by atoms with Crippen LogP contribution in [0.3, 0.4) is 0 Å². The fraction of sp³-hybridized carbons (Fsp3) is 0.312. The van der Waals surface area contributed by atoms with Crippen molar-refractivity contribution in [1.29, 1.82) is 0 Å². The molecule has 0 aliphatic carbocycles. The van der Waals surface area contributed by atoms with Crippen molar-refractivity contribution in [3.8, 4) is 5.75 Å². The topological polar surface area (TPSA) is 97.0 Å². The first-order chi connectivity index (χ1) is 11.0. The molecule has 23 heavy (non-hydrogen) atoms. The molecule has 1 aromatic heterocycles. The number of benzene rings is 1. The van der Waals surface area contributed by atoms with Gasteiger partial charge in [0.1, 0.15) is 17.4 Å². The Balaban J connectivity index is 1.69. The number of carbonyl (C=O) groups is 2. The Kier molecular flexibility index (Phi) is 4.01. The number of rotatable bonds is 4. The summed E-state index contributed by atoms with van der Waals surface area (Å²) in [6.07, 6.45) is 1.13. The van der Waals surface area contributed by atoms with Crippen LogP contribution in [0.2, 0.25) is 0 Å². The maximum atomic E-state index is 12.1. The number of ether oxygens (including phenoxy) is 1. The van der Waals surface area contributed by atoms with E-state index in [1.807, 2.05) is 0 Å². The number of aliphatic carboxylic acids is 1. The number of hydrogen-bond acceptors (Lipinski definition) is 5. The van der Waals surface area contributed by atoms with Gasteiger partial charge in [0.15, 0.2) is 6.61 Å². The summed E-state index contributed by atoms with van der Waals surface area (Å²) in [5.74, 6) is -0.987. The van der Waals surface area contributed by atoms with E-state index < -0.39 is 17.6 Å². The molecule has 2 aromatic rings. The van der Waals surface area contributed by atoms with E-state index in [1.165, 1.54) is 17.0 Å². The number of nitrogens with zero attached hydrogens (tertiary/aromatic N) is 1. The molecule has 1 fully saturated rings. The maximum absolute atomic E-state index is 12.1. The second kappa shape index (κ2) is 6.12. The molecule has 1 N–H and O–H groups in total. The number of hydrogen-bond donors (Lipinski definition) is 1. The van der Waals surface area contributed by atoms with E-state index in [9.17, 15) is 14.4 Å². The van der Waals surface area contributed by atoms with Crippen LogP contribution in [-0.4, -0.2) is 41.1 Å². The lowest BCUT2D eigenvalue weighted by molar-refractivity contribution is -0.148. The minimum atomic E-state index is -0.997. The monoisotopic (exact) mass is 317 g/mol. The molecule has 0 bridgehead atoms. The van der Waals surface area contributed by atoms with Gasteiger partial charge >= 0.3 is 11.6 Å². The standard InChI is InChI=1S/C16H15NO6/c18-14(17-7-1-2-12(17)16(20)21)9-22-11-5-3-10-4-6-15(19)23-13(10)8-11/h3-6,8,12H,1-2,7,9H2,(H,20,21)/t12-/m1/s1. The lowest BCUT2D eigenvalue weighted by Crippen LogP contribution is -2.42. The van der Waals surface area contributed by atoms with Gasteiger partial charge in [0, 0.05) is 24.1 Å². The van der Waals surface area contributed by atoms with E-state index in [1.54, 1.807) is 18.2 Å². The normalized spacial score (nSPS) is 17.4. The van der Waals surface area contributed by atoms with E-state index in [0.717, 1.165) is 5.39 Å². The number of fused-ring (bicyclic) bond motifs is 1. The molecule has 1 atom stereocenters. The summed E-state index contributed by atoms with van der Waals surface area (Å²) >= 11 is 0. The molecule has 1 amide bonds. The van der Waals surface area contributed by atoms with Crippen LogP contribution in [0.1, 0.15) is 12.8 Å². The summed E-state index contributed by atoms with van der Waals surface area (Å²) in [6.45, 7) is 0.165. The minimum absolute atomic E-state index is 0.258. The zero-order chi connectivity index (χ0) is 16.4. The fourth-order valence-corrected chi connectivity index (χ4v) is 2.68. The maximum Gasteiger partial charge on any atom is 0.336 e. The van der Waals surface area contributed by atoms with Gasteiger partial charge in [-0.3, -0.25) is 4.79 Å². The van der Waals surface area contributed by atoms with Crippen LogP contribution in [0.15, 0.2) is 39.5 Å². The highest BCUT2D eigenvalue weighted by atomic mass is 16.5. The molecule has 0 unspecified atom stereocenters. The average Bonchev–Trinajstić information content (AvgIpc) is 3.02. The Hall–Kier alpha value is -2.83. The number of carboxylic acid groups (broad SMARTS) is 1. The van der Waals surface area contributed by atoms with Crippen LogP contribution in [0, 0.1) is 0 Å². The van der Waals surface area contributed by atoms with Crippen molar-refractivity contribution in [2.24, 2.45) is 0 Å². The van der Waals surface area contributed by atoms with E-state index in [-0.39, 0.29) is 12.5 Å². The van der Waals surface area contributed by atoms with Crippen molar-refractivity contribution in [2.75, 3.05) is 13.2 Å². The molecule has 0 spiro atoms. The Morgan fingerprint density at radius 1 is 1.30 bits per heavy atom. The molecule has 0 saturated carbocycles. The van der Waals surface area contributed by atoms with Gasteiger partial charge < -0.3 is 19.2 Å². The molecular weight excluding hydrogens is 302 g/mol. The van der Waals surface area contributed by atoms with Crippen LogP contribution in [0.4, 0.5) is 0 Å². The van der Waals surface area contributed by atoms with Crippen LogP contribution in [0.25, 0.3) is 11.0 Å². The van der Waals surface area contributed by atoms with Gasteiger partial charge in [0.05, 0.1) is 0 Å². The third-order valence-corrected chi connectivity index (χ3v) is 3.82. The molecule has 7 heteroatoms. The summed E-state index contributed by atoms with van der Waals surface area (Å²) in [5.41, 5.74) is -0.0980. The van der Waals surface area contributed by atoms with Crippen molar-refractivity contribution in [1.82, 2.24) is 4.90 Å². The van der Waals surface area contributed by atoms with Crippen molar-refractivity contribution >= 4 is 22.8 Å². The molecular formula is C16H15NO6. The number of carboxylic acids is 1. The summed E-state index contributed by atoms with van der Waals surface area (Å²) in [7, 11) is 0. The van der Waals surface area contributed by atoms with Crippen LogP contribution >= 0.6 is 0 Å². The third kappa shape index (κ3) is 3.18. The van der Waals surface area contributed by atoms with Crippen molar-refractivity contribution in [2.45, 2.75) is 18.9 Å². The highest BCUT2D eigenvalue weighted by Gasteiger charge is 2.33. The Morgan fingerprint density at radius 3 is 2.87 bits per heavy atom. The Bertz CT molecular complexity index is 812. The zero-order valence-corrected chi connectivity index (χ0v) is 12.2. The molecule has 120 valence electrons. The lowest BCUT2D eigenvalue weighted by Gasteiger charge is -2.21. The highest BCUT2D eigenvalue weighted by Crippen LogP contribution is 2.21. The summed E-state index contributed by atoms with van der Waals surface area (Å²) in [5, 5.41) is 9.83. The number of carbonyl (C=O) groups excluding carboxylic acids is 1. The van der Waals surface area contributed by atoms with Gasteiger partial charge in [0.2, 0.25) is 0 Å². The quantitative estimate of drug-likeness (QED) is 0.852. The summed E-state index contributed by atoms with van der Waals surface area (Å²) in [4.78, 5) is 35.7. The van der Waals surface area contributed by atoms with Crippen molar-refractivity contribution in [3.63, 3.8) is 0 Å². The predicted molar refractivity (Wildman–Crippen MR) is 80.3 cm³/mol. The Morgan fingerprint density at radius 2 is 2.09 bits per heavy atom. The molecule has 1 aliphatic heterocycles. The lowest BCUT2D eigenvalue weighted by atomic mass is 10.2. The second-order valence-corrected chi connectivity index (χ2v) is 5.33. The van der Waals surface area contributed by atoms with Gasteiger partial charge in [0.25, 0.3) is 5.91 Å². The van der Waals surface area contributed by atoms with Gasteiger partial charge in [-0.2, -0.15) is 0 Å². The van der Waals surface area contributed by atoms with Gasteiger partial charge in [-0.15, -0.1) is 0 Å². The first-order valence-corrected chi connectivity index (χ1v) is 7.23. The summed E-state index contributed by atoms with van der Waals surface area (Å²) < 4.78 is 10.5. The second-order valence-electron chi connectivity index (χ2n) is 5.33. The summed E-state index contributed by atoms with van der Waals surface area (Å²) in [6, 6.07) is 7.09. The van der Waals surface area contributed by atoms with Crippen LogP contribution in [0.5, 0.6) is 5.75 Å². The first-order valence-electron chi connectivity index (χ1n) is 7.23. The Labute approximate surface area is 131 Å². The minimum Gasteiger partial charge on any atom is -0.484 e. The first kappa shape index (κ1) is 15.1. The average molecular weight is 317 g/mol. The zero-order valence-electron chi connectivity index (χ0n) is 12.2. The SMILES string of the molecule is O=C(O)[C@H]1CCCN1C(=O)COc1ccc2ccc(=O)oc2c1. The van der Waals surface area contributed by atoms with Crippen molar-refractivity contribution in [3.05, 3.63) is 40.8 Å². The molecule has 3 rings (SSSR count). The number of amides is 1. The predicted octanol–water partition coefficient (Wildman–Crippen LogP) is 1.25. The third-order valence-electron chi connectivity index (χ3n) is 3.82. The van der Waals surface area contributed by atoms with Gasteiger partial charge in [-0.1, -0.05) is 0 Å². The molecule has 1 saturated heterocycles. The molecule has 0 radical (unpaired) electrons. The number of likely N-dealkylation sites (tertiary alicyclic amines) is 1.